The van der Waals surface area contributed by atoms with Crippen molar-refractivity contribution in [2.75, 3.05) is 11.4 Å². The maximum absolute atomic E-state index is 12.8. The van der Waals surface area contributed by atoms with Gasteiger partial charge in [-0.3, -0.25) is 4.79 Å². The Morgan fingerprint density at radius 1 is 1.09 bits per heavy atom. The number of fused-ring (bicyclic) bond motifs is 1. The number of sulfonamides is 1. The van der Waals surface area contributed by atoms with Crippen LogP contribution in [0.15, 0.2) is 76.2 Å². The summed E-state index contributed by atoms with van der Waals surface area (Å²) in [6.45, 7) is 2.08. The molecule has 0 fully saturated rings. The molecule has 0 saturated carbocycles. The molecule has 0 saturated heterocycles. The lowest BCUT2D eigenvalue weighted by molar-refractivity contribution is -0.126. The second-order valence-corrected chi connectivity index (χ2v) is 9.11. The molecule has 166 valence electrons. The van der Waals surface area contributed by atoms with Gasteiger partial charge in [0.05, 0.1) is 23.3 Å². The van der Waals surface area contributed by atoms with Crippen LogP contribution in [0.25, 0.3) is 0 Å². The van der Waals surface area contributed by atoms with Crippen LogP contribution in [0.4, 0.5) is 5.69 Å². The van der Waals surface area contributed by atoms with E-state index in [1.807, 2.05) is 24.3 Å². The van der Waals surface area contributed by atoms with Crippen LogP contribution < -0.4 is 9.62 Å². The largest absolute Gasteiger partial charge is 0.468 e. The lowest BCUT2D eigenvalue weighted by Crippen LogP contribution is -2.39. The van der Waals surface area contributed by atoms with Crippen LogP contribution in [-0.2, 0) is 32.5 Å². The van der Waals surface area contributed by atoms with Crippen molar-refractivity contribution in [2.24, 2.45) is 0 Å². The van der Waals surface area contributed by atoms with Crippen LogP contribution in [0.3, 0.4) is 0 Å². The number of hydrogen-bond donors (Lipinski definition) is 1. The molecule has 1 atom stereocenters. The Hall–Kier alpha value is -3.43. The molecule has 2 heterocycles. The maximum atomic E-state index is 12.8. The maximum Gasteiger partial charge on any atom is 0.338 e. The number of benzene rings is 2. The van der Waals surface area contributed by atoms with E-state index in [4.69, 9.17) is 9.15 Å². The standard InChI is InChI=1S/C23H22N2O6S/c1-16(22(26)25-13-12-17-5-2-3-7-21(17)25)31-23(27)18-8-10-20(11-9-18)32(28,29)24-15-19-6-4-14-30-19/h2-11,14,16,24H,12-13,15H2,1H3. The number of rotatable bonds is 7. The van der Waals surface area contributed by atoms with Crippen molar-refractivity contribution in [1.29, 1.82) is 0 Å². The number of anilines is 1. The number of hydrogen-bond acceptors (Lipinski definition) is 6. The second kappa shape index (κ2) is 8.97. The molecule has 32 heavy (non-hydrogen) atoms. The summed E-state index contributed by atoms with van der Waals surface area (Å²) in [5.41, 5.74) is 2.06. The third-order valence-corrected chi connectivity index (χ3v) is 6.62. The quantitative estimate of drug-likeness (QED) is 0.551. The number of nitrogens with zero attached hydrogens (tertiary/aromatic N) is 1. The van der Waals surface area contributed by atoms with Gasteiger partial charge in [-0.05, 0) is 61.4 Å². The first-order valence-corrected chi connectivity index (χ1v) is 11.6. The van der Waals surface area contributed by atoms with E-state index in [9.17, 15) is 18.0 Å². The van der Waals surface area contributed by atoms with E-state index >= 15 is 0 Å². The summed E-state index contributed by atoms with van der Waals surface area (Å²) in [7, 11) is -3.78. The minimum absolute atomic E-state index is 0.00148. The fourth-order valence-electron chi connectivity index (χ4n) is 3.50. The molecule has 3 aromatic rings. The van der Waals surface area contributed by atoms with Crippen LogP contribution in [0.1, 0.15) is 28.6 Å². The van der Waals surface area contributed by atoms with Crippen LogP contribution in [0.5, 0.6) is 0 Å². The Kier molecular flexibility index (Phi) is 6.11. The lowest BCUT2D eigenvalue weighted by Gasteiger charge is -2.21. The zero-order valence-electron chi connectivity index (χ0n) is 17.4. The van der Waals surface area contributed by atoms with E-state index in [0.29, 0.717) is 12.3 Å². The Balaban J connectivity index is 1.38. The third-order valence-electron chi connectivity index (χ3n) is 5.20. The summed E-state index contributed by atoms with van der Waals surface area (Å²) in [5, 5.41) is 0. The highest BCUT2D eigenvalue weighted by molar-refractivity contribution is 7.89. The lowest BCUT2D eigenvalue weighted by atomic mass is 10.2. The van der Waals surface area contributed by atoms with Crippen LogP contribution >= 0.6 is 0 Å². The van der Waals surface area contributed by atoms with Gasteiger partial charge in [0, 0.05) is 12.2 Å². The summed E-state index contributed by atoms with van der Waals surface area (Å²) in [4.78, 5) is 26.9. The zero-order chi connectivity index (χ0) is 22.7. The summed E-state index contributed by atoms with van der Waals surface area (Å²) in [6.07, 6.45) is 1.23. The molecule has 1 N–H and O–H groups in total. The average Bonchev–Trinajstić information content (AvgIpc) is 3.47. The number of carbonyl (C=O) groups is 2. The van der Waals surface area contributed by atoms with Crippen LogP contribution in [-0.4, -0.2) is 32.9 Å². The Bertz CT molecular complexity index is 1220. The summed E-state index contributed by atoms with van der Waals surface area (Å²) in [5.74, 6) is -0.525. The molecule has 0 radical (unpaired) electrons. The van der Waals surface area contributed by atoms with Crippen molar-refractivity contribution >= 4 is 27.6 Å². The highest BCUT2D eigenvalue weighted by atomic mass is 32.2. The first-order valence-electron chi connectivity index (χ1n) is 10.1. The molecule has 9 heteroatoms. The van der Waals surface area contributed by atoms with Gasteiger partial charge in [0.2, 0.25) is 10.0 Å². The first kappa shape index (κ1) is 21.8. The molecule has 1 aliphatic rings. The smallest absolute Gasteiger partial charge is 0.338 e. The molecular weight excluding hydrogens is 432 g/mol. The van der Waals surface area contributed by atoms with Gasteiger partial charge >= 0.3 is 5.97 Å². The first-order chi connectivity index (χ1) is 15.3. The summed E-state index contributed by atoms with van der Waals surface area (Å²) >= 11 is 0. The Morgan fingerprint density at radius 3 is 2.56 bits per heavy atom. The van der Waals surface area contributed by atoms with Gasteiger partial charge in [-0.15, -0.1) is 0 Å². The number of carbonyl (C=O) groups excluding carboxylic acids is 2. The molecule has 1 aromatic heterocycles. The molecule has 0 aliphatic carbocycles. The van der Waals surface area contributed by atoms with Gasteiger partial charge in [-0.25, -0.2) is 17.9 Å². The number of ether oxygens (including phenoxy) is 1. The molecule has 4 rings (SSSR count). The van der Waals surface area contributed by atoms with Crippen LogP contribution in [0, 0.1) is 0 Å². The van der Waals surface area contributed by atoms with E-state index in [0.717, 1.165) is 17.7 Å². The van der Waals surface area contributed by atoms with Crippen LogP contribution in [0.2, 0.25) is 0 Å². The fourth-order valence-corrected chi connectivity index (χ4v) is 4.49. The number of furan rings is 1. The van der Waals surface area contributed by atoms with Gasteiger partial charge in [-0.2, -0.15) is 0 Å². The minimum Gasteiger partial charge on any atom is -0.468 e. The highest BCUT2D eigenvalue weighted by Gasteiger charge is 2.30. The van der Waals surface area contributed by atoms with Crippen molar-refractivity contribution in [3.05, 3.63) is 83.8 Å². The molecule has 8 nitrogen and oxygen atoms in total. The number of esters is 1. The predicted octanol–water partition coefficient (Wildman–Crippen LogP) is 2.89. The van der Waals surface area contributed by atoms with Gasteiger partial charge in [-0.1, -0.05) is 18.2 Å². The van der Waals surface area contributed by atoms with E-state index in [1.54, 1.807) is 17.0 Å². The van der Waals surface area contributed by atoms with E-state index < -0.39 is 22.1 Å². The topological polar surface area (TPSA) is 106 Å². The number of para-hydroxylation sites is 1. The monoisotopic (exact) mass is 454 g/mol. The minimum atomic E-state index is -3.78. The summed E-state index contributed by atoms with van der Waals surface area (Å²) < 4.78 is 37.7. The van der Waals surface area contributed by atoms with Gasteiger partial charge in [0.1, 0.15) is 5.76 Å². The van der Waals surface area contributed by atoms with Crippen molar-refractivity contribution in [2.45, 2.75) is 30.9 Å². The van der Waals surface area contributed by atoms with Crippen molar-refractivity contribution in [1.82, 2.24) is 4.72 Å². The normalized spacial score (nSPS) is 14.1. The molecule has 1 amide bonds. The number of amides is 1. The third kappa shape index (κ3) is 4.58. The fraction of sp³-hybridized carbons (Fsp3) is 0.217. The molecule has 1 aliphatic heterocycles. The highest BCUT2D eigenvalue weighted by Crippen LogP contribution is 2.28. The van der Waals surface area contributed by atoms with E-state index in [2.05, 4.69) is 4.72 Å². The second-order valence-electron chi connectivity index (χ2n) is 7.34. The summed E-state index contributed by atoms with van der Waals surface area (Å²) in [6, 6.07) is 16.3. The van der Waals surface area contributed by atoms with Crippen molar-refractivity contribution < 1.29 is 27.2 Å². The van der Waals surface area contributed by atoms with Crippen molar-refractivity contribution in [3.63, 3.8) is 0 Å². The van der Waals surface area contributed by atoms with Crippen molar-refractivity contribution in [3.8, 4) is 0 Å². The predicted molar refractivity (Wildman–Crippen MR) is 117 cm³/mol. The van der Waals surface area contributed by atoms with Gasteiger partial charge < -0.3 is 14.1 Å². The molecule has 0 spiro atoms. The van der Waals surface area contributed by atoms with Gasteiger partial charge in [0.15, 0.2) is 6.10 Å². The Morgan fingerprint density at radius 2 is 1.84 bits per heavy atom. The molecule has 1 unspecified atom stereocenters. The Labute approximate surface area is 185 Å². The average molecular weight is 455 g/mol. The molecular formula is C23H22N2O6S. The SMILES string of the molecule is CC(OC(=O)c1ccc(S(=O)(=O)NCc2ccco2)cc1)C(=O)N1CCc2ccccc21. The molecule has 0 bridgehead atoms. The zero-order valence-corrected chi connectivity index (χ0v) is 18.2. The number of nitrogens with one attached hydrogen (secondary N) is 1. The molecule has 2 aromatic carbocycles. The van der Waals surface area contributed by atoms with E-state index in [1.165, 1.54) is 37.5 Å². The van der Waals surface area contributed by atoms with E-state index in [-0.39, 0.29) is 22.9 Å². The van der Waals surface area contributed by atoms with Gasteiger partial charge in [0.25, 0.3) is 5.91 Å².